The largest absolute Gasteiger partial charge is 0.478 e. The summed E-state index contributed by atoms with van der Waals surface area (Å²) in [4.78, 5) is 37.4. The highest BCUT2D eigenvalue weighted by Gasteiger charge is 2.20. The number of hydrogen-bond donors (Lipinski definition) is 3. The number of carboxylic acids is 1. The van der Waals surface area contributed by atoms with E-state index in [1.807, 2.05) is 6.92 Å². The number of carbonyl (C=O) groups is 3. The van der Waals surface area contributed by atoms with Crippen LogP contribution in [0.5, 0.6) is 0 Å². The summed E-state index contributed by atoms with van der Waals surface area (Å²) in [7, 11) is 0. The van der Waals surface area contributed by atoms with Crippen LogP contribution in [0.25, 0.3) is 0 Å². The quantitative estimate of drug-likeness (QED) is 0.342. The summed E-state index contributed by atoms with van der Waals surface area (Å²) < 4.78 is 13.3. The fraction of sp³-hybridized carbons (Fsp3) is 0.125. The molecule has 0 spiro atoms. The number of aromatic carboxylic acids is 1. The molecule has 1 atom stereocenters. The molecule has 1 unspecified atom stereocenters. The Morgan fingerprint density at radius 3 is 2.33 bits per heavy atom. The van der Waals surface area contributed by atoms with Crippen LogP contribution in [-0.4, -0.2) is 28.1 Å². The number of hydrogen-bond acceptors (Lipinski definition) is 4. The number of carboxylic acid groups (broad SMARTS) is 1. The molecule has 3 aromatic carbocycles. The summed E-state index contributed by atoms with van der Waals surface area (Å²) in [6.07, 6.45) is 0.522. The van der Waals surface area contributed by atoms with Crippen molar-refractivity contribution < 1.29 is 23.9 Å². The zero-order chi connectivity index (χ0) is 24.0. The molecule has 3 rings (SSSR count). The number of nitrogens with one attached hydrogen (secondary N) is 2. The molecule has 0 radical (unpaired) electrons. The maximum Gasteiger partial charge on any atom is 0.336 e. The van der Waals surface area contributed by atoms with Gasteiger partial charge in [0.15, 0.2) is 0 Å². The Morgan fingerprint density at radius 2 is 1.67 bits per heavy atom. The summed E-state index contributed by atoms with van der Waals surface area (Å²) in [5, 5.41) is 14.2. The van der Waals surface area contributed by atoms with Gasteiger partial charge in [-0.05, 0) is 55.0 Å². The number of carbonyl (C=O) groups excluding carboxylic acids is 2. The third kappa shape index (κ3) is 6.34. The Labute approximate surface area is 199 Å². The van der Waals surface area contributed by atoms with Gasteiger partial charge < -0.3 is 15.7 Å². The summed E-state index contributed by atoms with van der Waals surface area (Å²) in [5.74, 6) is -2.58. The lowest BCUT2D eigenvalue weighted by Gasteiger charge is -2.16. The molecule has 2 amide bonds. The van der Waals surface area contributed by atoms with E-state index in [2.05, 4.69) is 10.6 Å². The summed E-state index contributed by atoms with van der Waals surface area (Å²) in [5.41, 5.74) is 0.810. The molecule has 0 aliphatic carbocycles. The van der Waals surface area contributed by atoms with E-state index in [4.69, 9.17) is 11.6 Å². The molecule has 0 saturated heterocycles. The molecule has 6 nitrogen and oxygen atoms in total. The molecule has 0 bridgehead atoms. The van der Waals surface area contributed by atoms with Gasteiger partial charge in [-0.25, -0.2) is 9.18 Å². The van der Waals surface area contributed by atoms with E-state index < -0.39 is 22.9 Å². The van der Waals surface area contributed by atoms with Crippen molar-refractivity contribution in [1.82, 2.24) is 0 Å². The highest BCUT2D eigenvalue weighted by atomic mass is 35.5. The molecule has 0 heterocycles. The van der Waals surface area contributed by atoms with Crippen molar-refractivity contribution in [2.24, 2.45) is 0 Å². The van der Waals surface area contributed by atoms with E-state index in [0.29, 0.717) is 17.8 Å². The van der Waals surface area contributed by atoms with Crippen molar-refractivity contribution in [2.45, 2.75) is 23.5 Å². The molecule has 0 saturated carbocycles. The SMILES string of the molecule is CCC(Sc1cccc(NC(=O)c2ccccc2C(=O)O)c1)C(=O)Nc1ccc(F)c(Cl)c1. The van der Waals surface area contributed by atoms with Crippen LogP contribution in [0, 0.1) is 5.82 Å². The second-order valence-corrected chi connectivity index (χ2v) is 8.65. The highest BCUT2D eigenvalue weighted by Crippen LogP contribution is 2.29. The second-order valence-electron chi connectivity index (χ2n) is 6.97. The van der Waals surface area contributed by atoms with E-state index in [1.54, 1.807) is 36.4 Å². The van der Waals surface area contributed by atoms with Crippen molar-refractivity contribution in [3.8, 4) is 0 Å². The van der Waals surface area contributed by atoms with Gasteiger partial charge in [-0.15, -0.1) is 11.8 Å². The van der Waals surface area contributed by atoms with Gasteiger partial charge in [-0.2, -0.15) is 0 Å². The molecule has 0 aromatic heterocycles. The summed E-state index contributed by atoms with van der Waals surface area (Å²) in [6.45, 7) is 1.86. The number of thioether (sulfide) groups is 1. The minimum atomic E-state index is -1.19. The Kier molecular flexibility index (Phi) is 8.08. The molecule has 33 heavy (non-hydrogen) atoms. The van der Waals surface area contributed by atoms with E-state index in [9.17, 15) is 23.9 Å². The average molecular weight is 487 g/mol. The fourth-order valence-corrected chi connectivity index (χ4v) is 4.19. The van der Waals surface area contributed by atoms with Crippen LogP contribution in [-0.2, 0) is 4.79 Å². The minimum absolute atomic E-state index is 0.0480. The first-order chi connectivity index (χ1) is 15.8. The molecule has 170 valence electrons. The van der Waals surface area contributed by atoms with Crippen LogP contribution in [0.4, 0.5) is 15.8 Å². The Morgan fingerprint density at radius 1 is 0.970 bits per heavy atom. The van der Waals surface area contributed by atoms with Crippen LogP contribution in [0.1, 0.15) is 34.1 Å². The Hall–Kier alpha value is -3.36. The van der Waals surface area contributed by atoms with Gasteiger partial charge in [0, 0.05) is 16.3 Å². The van der Waals surface area contributed by atoms with Crippen LogP contribution in [0.15, 0.2) is 71.6 Å². The predicted molar refractivity (Wildman–Crippen MR) is 128 cm³/mol. The molecule has 9 heteroatoms. The molecule has 3 N–H and O–H groups in total. The number of halogens is 2. The maximum atomic E-state index is 13.3. The van der Waals surface area contributed by atoms with Crippen molar-refractivity contribution >= 4 is 52.5 Å². The number of amides is 2. The van der Waals surface area contributed by atoms with Gasteiger partial charge in [0.2, 0.25) is 5.91 Å². The molecule has 0 aliphatic rings. The third-order valence-corrected chi connectivity index (χ3v) is 6.27. The van der Waals surface area contributed by atoms with Crippen molar-refractivity contribution in [3.05, 3.63) is 88.7 Å². The highest BCUT2D eigenvalue weighted by molar-refractivity contribution is 8.00. The van der Waals surface area contributed by atoms with E-state index in [1.165, 1.54) is 42.1 Å². The Balaban J connectivity index is 1.70. The third-order valence-electron chi connectivity index (χ3n) is 4.62. The van der Waals surface area contributed by atoms with Crippen molar-refractivity contribution in [1.29, 1.82) is 0 Å². The smallest absolute Gasteiger partial charge is 0.336 e. The van der Waals surface area contributed by atoms with Gasteiger partial charge >= 0.3 is 5.97 Å². The van der Waals surface area contributed by atoms with Gasteiger partial charge in [0.05, 0.1) is 21.4 Å². The zero-order valence-corrected chi connectivity index (χ0v) is 19.0. The number of anilines is 2. The van der Waals surface area contributed by atoms with Gasteiger partial charge in [-0.1, -0.05) is 36.7 Å². The number of rotatable bonds is 8. The van der Waals surface area contributed by atoms with Crippen LogP contribution < -0.4 is 10.6 Å². The van der Waals surface area contributed by atoms with Gasteiger partial charge in [0.25, 0.3) is 5.91 Å². The normalized spacial score (nSPS) is 11.5. The second kappa shape index (κ2) is 11.0. The molecule has 0 fully saturated rings. The lowest BCUT2D eigenvalue weighted by molar-refractivity contribution is -0.115. The zero-order valence-electron chi connectivity index (χ0n) is 17.5. The van der Waals surface area contributed by atoms with Gasteiger partial charge in [0.1, 0.15) is 5.82 Å². The fourth-order valence-electron chi connectivity index (χ4n) is 3.00. The van der Waals surface area contributed by atoms with E-state index in [-0.39, 0.29) is 22.1 Å². The predicted octanol–water partition coefficient (Wildman–Crippen LogP) is 5.94. The van der Waals surface area contributed by atoms with Crippen molar-refractivity contribution in [2.75, 3.05) is 10.6 Å². The van der Waals surface area contributed by atoms with Crippen LogP contribution in [0.3, 0.4) is 0 Å². The molecule has 0 aliphatic heterocycles. The molecular weight excluding hydrogens is 467 g/mol. The molecular formula is C24H20ClFN2O4S. The first-order valence-corrected chi connectivity index (χ1v) is 11.2. The minimum Gasteiger partial charge on any atom is -0.478 e. The van der Waals surface area contributed by atoms with Crippen LogP contribution >= 0.6 is 23.4 Å². The first-order valence-electron chi connectivity index (χ1n) is 9.94. The lowest BCUT2D eigenvalue weighted by Crippen LogP contribution is -2.24. The van der Waals surface area contributed by atoms with E-state index in [0.717, 1.165) is 4.90 Å². The Bertz CT molecular complexity index is 1200. The van der Waals surface area contributed by atoms with Crippen molar-refractivity contribution in [3.63, 3.8) is 0 Å². The average Bonchev–Trinajstić information content (AvgIpc) is 2.80. The standard InChI is InChI=1S/C24H20ClFN2O4S/c1-2-21(23(30)28-15-10-11-20(26)19(25)13-15)33-16-7-5-6-14(12-16)27-22(29)17-8-3-4-9-18(17)24(31)32/h3-13,21H,2H2,1H3,(H,27,29)(H,28,30)(H,31,32). The monoisotopic (exact) mass is 486 g/mol. The number of benzene rings is 3. The first kappa shape index (κ1) is 24.3. The van der Waals surface area contributed by atoms with Gasteiger partial charge in [-0.3, -0.25) is 9.59 Å². The maximum absolute atomic E-state index is 13.3. The topological polar surface area (TPSA) is 95.5 Å². The summed E-state index contributed by atoms with van der Waals surface area (Å²) in [6, 6.07) is 16.8. The van der Waals surface area contributed by atoms with E-state index >= 15 is 0 Å². The summed E-state index contributed by atoms with van der Waals surface area (Å²) >= 11 is 7.08. The lowest BCUT2D eigenvalue weighted by atomic mass is 10.1. The molecule has 3 aromatic rings. The van der Waals surface area contributed by atoms with Crippen LogP contribution in [0.2, 0.25) is 5.02 Å².